The highest BCUT2D eigenvalue weighted by Gasteiger charge is 2.33. The number of aliphatic hydroxyl groups is 2. The fraction of sp³-hybridized carbons (Fsp3) is 0.731. The molecule has 1 aromatic rings. The van der Waals surface area contributed by atoms with E-state index in [0.29, 0.717) is 49.7 Å². The third kappa shape index (κ3) is 7.57. The summed E-state index contributed by atoms with van der Waals surface area (Å²) in [6.07, 6.45) is 7.23. The first-order chi connectivity index (χ1) is 16.4. The summed E-state index contributed by atoms with van der Waals surface area (Å²) < 4.78 is 17.0. The molecule has 8 heteroatoms. The molecular weight excluding hydrogens is 436 g/mol. The molecule has 8 nitrogen and oxygen atoms in total. The molecule has 3 aliphatic rings. The Bertz CT molecular complexity index is 796. The lowest BCUT2D eigenvalue weighted by Crippen LogP contribution is -2.49. The first kappa shape index (κ1) is 25.2. The van der Waals surface area contributed by atoms with Crippen LogP contribution < -0.4 is 9.57 Å². The Labute approximate surface area is 202 Å². The van der Waals surface area contributed by atoms with E-state index < -0.39 is 11.2 Å². The minimum Gasteiger partial charge on any atom is -0.490 e. The van der Waals surface area contributed by atoms with E-state index in [2.05, 4.69) is 10.1 Å². The van der Waals surface area contributed by atoms with E-state index in [1.54, 1.807) is 13.0 Å². The summed E-state index contributed by atoms with van der Waals surface area (Å²) >= 11 is 0. The number of benzene rings is 1. The SMILES string of the molecule is C/C(=N\Oc1cccc(OCC2(O)CCCC2)c1)OCC1CCN(CC2(O)CCOCC2)CC1. The summed E-state index contributed by atoms with van der Waals surface area (Å²) in [5, 5.41) is 25.3. The van der Waals surface area contributed by atoms with Crippen molar-refractivity contribution in [1.29, 1.82) is 0 Å². The molecule has 0 spiro atoms. The van der Waals surface area contributed by atoms with Crippen LogP contribution >= 0.6 is 0 Å². The first-order valence-electron chi connectivity index (χ1n) is 12.7. The van der Waals surface area contributed by atoms with Crippen LogP contribution in [0.25, 0.3) is 0 Å². The third-order valence-electron chi connectivity index (χ3n) is 7.30. The van der Waals surface area contributed by atoms with E-state index in [0.717, 1.165) is 71.0 Å². The highest BCUT2D eigenvalue weighted by Crippen LogP contribution is 2.31. The van der Waals surface area contributed by atoms with E-state index in [4.69, 9.17) is 19.0 Å². The Hall–Kier alpha value is -1.87. The van der Waals surface area contributed by atoms with Gasteiger partial charge in [0.05, 0.1) is 17.8 Å². The zero-order valence-corrected chi connectivity index (χ0v) is 20.4. The van der Waals surface area contributed by atoms with Crippen LogP contribution in [0, 0.1) is 5.92 Å². The Morgan fingerprint density at radius 3 is 2.50 bits per heavy atom. The van der Waals surface area contributed by atoms with Crippen LogP contribution in [0.3, 0.4) is 0 Å². The lowest BCUT2D eigenvalue weighted by molar-refractivity contribution is -0.0834. The highest BCUT2D eigenvalue weighted by molar-refractivity contribution is 5.72. The van der Waals surface area contributed by atoms with Crippen molar-refractivity contribution in [1.82, 2.24) is 4.90 Å². The number of rotatable bonds is 9. The van der Waals surface area contributed by atoms with E-state index in [-0.39, 0.29) is 0 Å². The number of oxime groups is 1. The van der Waals surface area contributed by atoms with Crippen LogP contribution in [0.15, 0.2) is 29.4 Å². The predicted octanol–water partition coefficient (Wildman–Crippen LogP) is 3.35. The summed E-state index contributed by atoms with van der Waals surface area (Å²) in [7, 11) is 0. The largest absolute Gasteiger partial charge is 0.490 e. The quantitative estimate of drug-likeness (QED) is 0.321. The molecule has 2 saturated heterocycles. The minimum absolute atomic E-state index is 0.300. The van der Waals surface area contributed by atoms with Crippen molar-refractivity contribution in [2.45, 2.75) is 69.5 Å². The molecule has 2 heterocycles. The summed E-state index contributed by atoms with van der Waals surface area (Å²) in [6.45, 7) is 6.72. The molecule has 1 saturated carbocycles. The maximum Gasteiger partial charge on any atom is 0.223 e. The van der Waals surface area contributed by atoms with Gasteiger partial charge in [-0.3, -0.25) is 0 Å². The average Bonchev–Trinajstić information content (AvgIpc) is 3.28. The van der Waals surface area contributed by atoms with Gasteiger partial charge in [0, 0.05) is 45.6 Å². The van der Waals surface area contributed by atoms with E-state index in [1.165, 1.54) is 0 Å². The molecule has 0 atom stereocenters. The maximum atomic E-state index is 10.7. The number of piperidine rings is 1. The van der Waals surface area contributed by atoms with Gasteiger partial charge < -0.3 is 34.2 Å². The molecule has 1 aromatic carbocycles. The fourth-order valence-corrected chi connectivity index (χ4v) is 5.03. The number of β-amino-alcohol motifs (C(OH)–C–C–N with tert-alkyl or cyclic N) is 1. The number of ether oxygens (including phenoxy) is 3. The normalized spacial score (nSPS) is 23.6. The average molecular weight is 477 g/mol. The van der Waals surface area contributed by atoms with Gasteiger partial charge in [-0.15, -0.1) is 0 Å². The zero-order valence-electron chi connectivity index (χ0n) is 20.4. The van der Waals surface area contributed by atoms with Crippen molar-refractivity contribution in [3.8, 4) is 11.5 Å². The standard InChI is InChI=1S/C26H40N2O6/c1-21(27-34-24-6-4-5-23(17-24)33-20-26(30)9-2-3-10-26)32-18-22-7-13-28(14-8-22)19-25(29)11-15-31-16-12-25/h4-6,17,22,29-30H,2-3,7-16,18-20H2,1H3/b27-21+. The second kappa shape index (κ2) is 11.7. The monoisotopic (exact) mass is 476 g/mol. The molecule has 0 amide bonds. The van der Waals surface area contributed by atoms with Crippen LogP contribution in [0.4, 0.5) is 0 Å². The molecule has 190 valence electrons. The summed E-state index contributed by atoms with van der Waals surface area (Å²) in [4.78, 5) is 7.90. The molecule has 2 aliphatic heterocycles. The van der Waals surface area contributed by atoms with Crippen molar-refractivity contribution in [3.05, 3.63) is 24.3 Å². The van der Waals surface area contributed by atoms with Crippen molar-refractivity contribution < 1.29 is 29.3 Å². The molecule has 0 bridgehead atoms. The number of likely N-dealkylation sites (tertiary alicyclic amines) is 1. The fourth-order valence-electron chi connectivity index (χ4n) is 5.03. The van der Waals surface area contributed by atoms with Crippen LogP contribution in [0.1, 0.15) is 58.3 Å². The van der Waals surface area contributed by atoms with Crippen LogP contribution in [-0.4, -0.2) is 78.3 Å². The smallest absolute Gasteiger partial charge is 0.223 e. The van der Waals surface area contributed by atoms with Gasteiger partial charge in [0.1, 0.15) is 12.4 Å². The topological polar surface area (TPSA) is 93.0 Å². The molecule has 0 radical (unpaired) electrons. The number of nitrogens with zero attached hydrogens (tertiary/aromatic N) is 2. The molecular formula is C26H40N2O6. The molecule has 34 heavy (non-hydrogen) atoms. The molecule has 3 fully saturated rings. The van der Waals surface area contributed by atoms with Crippen LogP contribution in [0.5, 0.6) is 11.5 Å². The summed E-state index contributed by atoms with van der Waals surface area (Å²) in [6, 6.07) is 7.29. The van der Waals surface area contributed by atoms with Gasteiger partial charge in [-0.25, -0.2) is 0 Å². The minimum atomic E-state index is -0.708. The Morgan fingerprint density at radius 2 is 1.76 bits per heavy atom. The van der Waals surface area contributed by atoms with Gasteiger partial charge in [-0.1, -0.05) is 18.9 Å². The van der Waals surface area contributed by atoms with E-state index in [9.17, 15) is 10.2 Å². The third-order valence-corrected chi connectivity index (χ3v) is 7.30. The van der Waals surface area contributed by atoms with Crippen molar-refractivity contribution in [2.24, 2.45) is 11.1 Å². The lowest BCUT2D eigenvalue weighted by atomic mass is 9.91. The molecule has 4 rings (SSSR count). The van der Waals surface area contributed by atoms with E-state index in [1.807, 2.05) is 18.2 Å². The van der Waals surface area contributed by atoms with Crippen molar-refractivity contribution in [2.75, 3.05) is 46.1 Å². The molecule has 0 unspecified atom stereocenters. The van der Waals surface area contributed by atoms with Gasteiger partial charge in [0.15, 0.2) is 5.75 Å². The first-order valence-corrected chi connectivity index (χ1v) is 12.7. The summed E-state index contributed by atoms with van der Waals surface area (Å²) in [5.41, 5.74) is -1.31. The van der Waals surface area contributed by atoms with Gasteiger partial charge in [0.25, 0.3) is 0 Å². The maximum absolute atomic E-state index is 10.7. The number of hydrogen-bond acceptors (Lipinski definition) is 8. The van der Waals surface area contributed by atoms with Crippen molar-refractivity contribution >= 4 is 5.90 Å². The molecule has 1 aliphatic carbocycles. The van der Waals surface area contributed by atoms with Gasteiger partial charge in [-0.2, -0.15) is 0 Å². The van der Waals surface area contributed by atoms with Gasteiger partial charge in [0.2, 0.25) is 5.90 Å². The highest BCUT2D eigenvalue weighted by atomic mass is 16.6. The van der Waals surface area contributed by atoms with Crippen LogP contribution in [0.2, 0.25) is 0 Å². The van der Waals surface area contributed by atoms with Gasteiger partial charge in [-0.05, 0) is 62.0 Å². The Kier molecular flexibility index (Phi) is 8.69. The lowest BCUT2D eigenvalue weighted by Gasteiger charge is -2.39. The second-order valence-electron chi connectivity index (χ2n) is 10.3. The molecule has 2 N–H and O–H groups in total. The van der Waals surface area contributed by atoms with E-state index >= 15 is 0 Å². The Balaban J connectivity index is 1.15. The number of hydrogen-bond donors (Lipinski definition) is 2. The van der Waals surface area contributed by atoms with Crippen LogP contribution in [-0.2, 0) is 9.47 Å². The predicted molar refractivity (Wildman–Crippen MR) is 129 cm³/mol. The summed E-state index contributed by atoms with van der Waals surface area (Å²) in [5.74, 6) is 2.19. The molecule has 0 aromatic heterocycles. The van der Waals surface area contributed by atoms with Gasteiger partial charge >= 0.3 is 0 Å². The zero-order chi connectivity index (χ0) is 23.9. The van der Waals surface area contributed by atoms with Crippen molar-refractivity contribution in [3.63, 3.8) is 0 Å². The Morgan fingerprint density at radius 1 is 1.06 bits per heavy atom. The second-order valence-corrected chi connectivity index (χ2v) is 10.3.